The van der Waals surface area contributed by atoms with E-state index < -0.39 is 10.0 Å². The molecule has 0 amide bonds. The van der Waals surface area contributed by atoms with Gasteiger partial charge in [0.25, 0.3) is 10.0 Å². The van der Waals surface area contributed by atoms with Gasteiger partial charge in [-0.1, -0.05) is 0 Å². The topological polar surface area (TPSA) is 72.0 Å². The highest BCUT2D eigenvalue weighted by Crippen LogP contribution is 2.14. The van der Waals surface area contributed by atoms with Crippen molar-refractivity contribution >= 4 is 27.4 Å². The Balaban J connectivity index is 2.33. The summed E-state index contributed by atoms with van der Waals surface area (Å²) < 4.78 is 29.9. The first-order valence-electron chi connectivity index (χ1n) is 4.44. The molecule has 0 fully saturated rings. The van der Waals surface area contributed by atoms with Gasteiger partial charge in [0.05, 0.1) is 0 Å². The lowest BCUT2D eigenvalue weighted by molar-refractivity contribution is 0.597. The number of aryl methyl sites for hydroxylation is 1. The van der Waals surface area contributed by atoms with Crippen LogP contribution in [0.5, 0.6) is 0 Å². The van der Waals surface area contributed by atoms with Gasteiger partial charge in [-0.05, 0) is 42.2 Å². The lowest BCUT2D eigenvalue weighted by Gasteiger charge is -2.04. The molecule has 0 aliphatic rings. The maximum Gasteiger partial charge on any atom is 0.280 e. The average molecular weight is 255 g/mol. The second-order valence-corrected chi connectivity index (χ2v) is 5.46. The fourth-order valence-electron chi connectivity index (χ4n) is 1.11. The SMILES string of the molecule is Cc1ccnc(S(=O)(=O)Nc2ccsn2)c1. The van der Waals surface area contributed by atoms with Gasteiger partial charge < -0.3 is 0 Å². The summed E-state index contributed by atoms with van der Waals surface area (Å²) in [7, 11) is -3.62. The van der Waals surface area contributed by atoms with Crippen molar-refractivity contribution in [1.29, 1.82) is 0 Å². The van der Waals surface area contributed by atoms with Crippen LogP contribution in [0.25, 0.3) is 0 Å². The highest BCUT2D eigenvalue weighted by atomic mass is 32.2. The third-order valence-electron chi connectivity index (χ3n) is 1.84. The standard InChI is InChI=1S/C9H9N3O2S2/c1-7-2-4-10-9(6-7)16(13,14)12-8-3-5-15-11-8/h2-6H,1H3,(H,11,12). The van der Waals surface area contributed by atoms with E-state index in [-0.39, 0.29) is 5.03 Å². The number of pyridine rings is 1. The summed E-state index contributed by atoms with van der Waals surface area (Å²) in [5.74, 6) is 0.313. The number of hydrogen-bond donors (Lipinski definition) is 1. The van der Waals surface area contributed by atoms with Gasteiger partial charge in [-0.25, -0.2) is 4.98 Å². The fraction of sp³-hybridized carbons (Fsp3) is 0.111. The molecule has 0 aliphatic heterocycles. The molecule has 0 atom stereocenters. The van der Waals surface area contributed by atoms with Crippen molar-refractivity contribution in [3.05, 3.63) is 35.3 Å². The number of anilines is 1. The summed E-state index contributed by atoms with van der Waals surface area (Å²) in [4.78, 5) is 3.82. The van der Waals surface area contributed by atoms with Crippen LogP contribution in [0, 0.1) is 6.92 Å². The van der Waals surface area contributed by atoms with Crippen LogP contribution >= 0.6 is 11.5 Å². The van der Waals surface area contributed by atoms with E-state index in [1.807, 2.05) is 6.92 Å². The second-order valence-electron chi connectivity index (χ2n) is 3.16. The van der Waals surface area contributed by atoms with Crippen LogP contribution in [-0.2, 0) is 10.0 Å². The summed E-state index contributed by atoms with van der Waals surface area (Å²) in [6, 6.07) is 4.84. The second kappa shape index (κ2) is 4.18. The van der Waals surface area contributed by atoms with Gasteiger partial charge in [-0.15, -0.1) is 0 Å². The van der Waals surface area contributed by atoms with Crippen molar-refractivity contribution in [2.45, 2.75) is 11.9 Å². The van der Waals surface area contributed by atoms with E-state index in [9.17, 15) is 8.42 Å². The zero-order valence-corrected chi connectivity index (χ0v) is 10.0. The third kappa shape index (κ3) is 2.37. The Bertz CT molecular complexity index is 579. The van der Waals surface area contributed by atoms with Gasteiger partial charge in [-0.2, -0.15) is 12.8 Å². The highest BCUT2D eigenvalue weighted by molar-refractivity contribution is 7.92. The lowest BCUT2D eigenvalue weighted by atomic mass is 10.3. The van der Waals surface area contributed by atoms with Crippen molar-refractivity contribution < 1.29 is 8.42 Å². The third-order valence-corrected chi connectivity index (χ3v) is 3.65. The van der Waals surface area contributed by atoms with E-state index in [1.54, 1.807) is 17.5 Å². The minimum atomic E-state index is -3.62. The number of aromatic nitrogens is 2. The smallest absolute Gasteiger partial charge is 0.261 e. The Labute approximate surface area is 97.4 Å². The molecule has 2 aromatic heterocycles. The molecule has 2 rings (SSSR count). The Morgan fingerprint density at radius 2 is 2.19 bits per heavy atom. The van der Waals surface area contributed by atoms with Crippen molar-refractivity contribution in [3.63, 3.8) is 0 Å². The van der Waals surface area contributed by atoms with Crippen molar-refractivity contribution in [2.75, 3.05) is 4.72 Å². The van der Waals surface area contributed by atoms with Crippen LogP contribution in [0.3, 0.4) is 0 Å². The van der Waals surface area contributed by atoms with Crippen LogP contribution in [0.4, 0.5) is 5.82 Å². The normalized spacial score (nSPS) is 11.3. The first-order valence-corrected chi connectivity index (χ1v) is 6.76. The Morgan fingerprint density at radius 1 is 1.38 bits per heavy atom. The molecule has 0 aromatic carbocycles. The van der Waals surface area contributed by atoms with Crippen LogP contribution in [0.2, 0.25) is 0 Å². The Morgan fingerprint density at radius 3 is 2.81 bits per heavy atom. The molecular weight excluding hydrogens is 246 g/mol. The molecule has 0 unspecified atom stereocenters. The van der Waals surface area contributed by atoms with E-state index in [0.29, 0.717) is 5.82 Å². The molecule has 0 saturated carbocycles. The number of rotatable bonds is 3. The Hall–Kier alpha value is -1.47. The van der Waals surface area contributed by atoms with Crippen molar-refractivity contribution in [3.8, 4) is 0 Å². The largest absolute Gasteiger partial charge is 0.280 e. The van der Waals surface area contributed by atoms with Gasteiger partial charge in [0.15, 0.2) is 10.8 Å². The maximum absolute atomic E-state index is 11.8. The summed E-state index contributed by atoms with van der Waals surface area (Å²) in [6.07, 6.45) is 1.46. The molecule has 0 spiro atoms. The first kappa shape index (κ1) is 11.0. The number of sulfonamides is 1. The highest BCUT2D eigenvalue weighted by Gasteiger charge is 2.16. The summed E-state index contributed by atoms with van der Waals surface area (Å²) >= 11 is 1.18. The lowest BCUT2D eigenvalue weighted by Crippen LogP contribution is -2.14. The van der Waals surface area contributed by atoms with Crippen molar-refractivity contribution in [2.24, 2.45) is 0 Å². The van der Waals surface area contributed by atoms with Crippen LogP contribution in [0.15, 0.2) is 34.8 Å². The predicted molar refractivity (Wildman–Crippen MR) is 61.9 cm³/mol. The molecule has 2 heterocycles. The molecule has 7 heteroatoms. The van der Waals surface area contributed by atoms with Crippen LogP contribution in [0.1, 0.15) is 5.56 Å². The molecule has 0 bridgehead atoms. The van der Waals surface area contributed by atoms with E-state index in [0.717, 1.165) is 5.56 Å². The van der Waals surface area contributed by atoms with Gasteiger partial charge in [0.2, 0.25) is 0 Å². The first-order chi connectivity index (χ1) is 7.58. The summed E-state index contributed by atoms with van der Waals surface area (Å²) in [5.41, 5.74) is 0.841. The summed E-state index contributed by atoms with van der Waals surface area (Å²) in [6.45, 7) is 1.81. The molecule has 0 radical (unpaired) electrons. The predicted octanol–water partition coefficient (Wildman–Crippen LogP) is 1.65. The molecule has 16 heavy (non-hydrogen) atoms. The number of nitrogens with zero attached hydrogens (tertiary/aromatic N) is 2. The molecule has 0 aliphatic carbocycles. The zero-order valence-electron chi connectivity index (χ0n) is 8.41. The van der Waals surface area contributed by atoms with Crippen LogP contribution in [-0.4, -0.2) is 17.8 Å². The monoisotopic (exact) mass is 255 g/mol. The van der Waals surface area contributed by atoms with Gasteiger partial charge in [-0.3, -0.25) is 4.72 Å². The van der Waals surface area contributed by atoms with E-state index in [2.05, 4.69) is 14.1 Å². The molecule has 84 valence electrons. The molecule has 2 aromatic rings. The van der Waals surface area contributed by atoms with Crippen molar-refractivity contribution in [1.82, 2.24) is 9.36 Å². The van der Waals surface area contributed by atoms with E-state index in [1.165, 1.54) is 23.8 Å². The minimum absolute atomic E-state index is 0.000463. The molecule has 1 N–H and O–H groups in total. The molecule has 5 nitrogen and oxygen atoms in total. The van der Waals surface area contributed by atoms with Gasteiger partial charge in [0.1, 0.15) is 0 Å². The van der Waals surface area contributed by atoms with Gasteiger partial charge >= 0.3 is 0 Å². The van der Waals surface area contributed by atoms with Crippen LogP contribution < -0.4 is 4.72 Å². The zero-order chi connectivity index (χ0) is 11.6. The molecule has 0 saturated heterocycles. The number of nitrogens with one attached hydrogen (secondary N) is 1. The van der Waals surface area contributed by atoms with Gasteiger partial charge in [0, 0.05) is 11.6 Å². The summed E-state index contributed by atoms with van der Waals surface area (Å²) in [5, 5.41) is 1.70. The van der Waals surface area contributed by atoms with E-state index in [4.69, 9.17) is 0 Å². The maximum atomic E-state index is 11.8. The Kier molecular flexibility index (Phi) is 2.88. The molecular formula is C9H9N3O2S2. The quantitative estimate of drug-likeness (QED) is 0.905. The van der Waals surface area contributed by atoms with E-state index >= 15 is 0 Å². The minimum Gasteiger partial charge on any atom is -0.261 e. The average Bonchev–Trinajstić information content (AvgIpc) is 2.70. The number of hydrogen-bond acceptors (Lipinski definition) is 5. The fourth-order valence-corrected chi connectivity index (χ4v) is 2.67.